The van der Waals surface area contributed by atoms with Gasteiger partial charge in [0.2, 0.25) is 11.8 Å². The molecule has 2 amide bonds. The highest BCUT2D eigenvalue weighted by Gasteiger charge is 2.12. The number of para-hydroxylation sites is 1. The van der Waals surface area contributed by atoms with Crippen LogP contribution in [0, 0.1) is 0 Å². The van der Waals surface area contributed by atoms with E-state index >= 15 is 0 Å². The highest BCUT2D eigenvalue weighted by molar-refractivity contribution is 6.32. The Balaban J connectivity index is 0.00000484. The summed E-state index contributed by atoms with van der Waals surface area (Å²) in [6, 6.07) is 5.00. The predicted octanol–water partition coefficient (Wildman–Crippen LogP) is 1.19. The van der Waals surface area contributed by atoms with Gasteiger partial charge in [-0.3, -0.25) is 9.59 Å². The molecule has 0 bridgehead atoms. The number of benzene rings is 1. The van der Waals surface area contributed by atoms with E-state index in [0.29, 0.717) is 36.3 Å². The van der Waals surface area contributed by atoms with Crippen molar-refractivity contribution in [3.8, 4) is 5.75 Å². The van der Waals surface area contributed by atoms with Gasteiger partial charge in [-0.15, -0.1) is 12.4 Å². The lowest BCUT2D eigenvalue weighted by Crippen LogP contribution is -2.36. The number of nitrogens with one attached hydrogen (secondary N) is 2. The number of amides is 2. The van der Waals surface area contributed by atoms with Gasteiger partial charge in [0.25, 0.3) is 0 Å². The van der Waals surface area contributed by atoms with E-state index in [2.05, 4.69) is 10.6 Å². The summed E-state index contributed by atoms with van der Waals surface area (Å²) in [5.41, 5.74) is 5.57. The van der Waals surface area contributed by atoms with Crippen LogP contribution in [0.25, 0.3) is 0 Å². The van der Waals surface area contributed by atoms with E-state index in [1.807, 2.05) is 6.92 Å². The molecule has 0 atom stereocenters. The van der Waals surface area contributed by atoms with Crippen LogP contribution in [0.2, 0.25) is 5.02 Å². The molecule has 9 heteroatoms. The molecule has 1 rings (SSSR count). The molecule has 4 N–H and O–H groups in total. The Morgan fingerprint density at radius 2 is 2.00 bits per heavy atom. The number of anilines is 1. The van der Waals surface area contributed by atoms with Gasteiger partial charge in [-0.25, -0.2) is 0 Å². The van der Waals surface area contributed by atoms with E-state index < -0.39 is 11.8 Å². The van der Waals surface area contributed by atoms with Crippen molar-refractivity contribution in [1.29, 1.82) is 0 Å². The fraction of sp³-hybridized carbons (Fsp3) is 0.429. The zero-order valence-corrected chi connectivity index (χ0v) is 14.3. The van der Waals surface area contributed by atoms with Crippen molar-refractivity contribution >= 4 is 41.5 Å². The molecule has 0 heterocycles. The number of nitrogens with two attached hydrogens (primary N) is 1. The number of hydrogen-bond donors (Lipinski definition) is 3. The van der Waals surface area contributed by atoms with Crippen molar-refractivity contribution in [3.05, 3.63) is 23.2 Å². The molecule has 1 aromatic carbocycles. The molecule has 0 saturated heterocycles. The lowest BCUT2D eigenvalue weighted by atomic mass is 10.3. The fourth-order valence-corrected chi connectivity index (χ4v) is 1.78. The summed E-state index contributed by atoms with van der Waals surface area (Å²) >= 11 is 6.07. The maximum Gasteiger partial charge on any atom is 0.243 e. The maximum atomic E-state index is 11.8. The first-order chi connectivity index (χ1) is 10.6. The van der Waals surface area contributed by atoms with Crippen molar-refractivity contribution in [2.45, 2.75) is 6.92 Å². The lowest BCUT2D eigenvalue weighted by Gasteiger charge is -2.14. The lowest BCUT2D eigenvalue weighted by molar-refractivity contribution is -0.123. The van der Waals surface area contributed by atoms with Crippen LogP contribution in [0.4, 0.5) is 5.69 Å². The van der Waals surface area contributed by atoms with E-state index in [1.165, 1.54) is 0 Å². The zero-order valence-electron chi connectivity index (χ0n) is 12.8. The van der Waals surface area contributed by atoms with Gasteiger partial charge in [-0.05, 0) is 19.1 Å². The Morgan fingerprint density at radius 3 is 2.65 bits per heavy atom. The number of halogens is 2. The van der Waals surface area contributed by atoms with E-state index in [4.69, 9.17) is 26.8 Å². The Hall–Kier alpha value is -1.54. The molecule has 0 aliphatic heterocycles. The molecule has 0 aliphatic rings. The van der Waals surface area contributed by atoms with Crippen LogP contribution >= 0.6 is 24.0 Å². The van der Waals surface area contributed by atoms with Gasteiger partial charge in [0.1, 0.15) is 6.61 Å². The number of carbonyl (C=O) groups excluding carboxylic acids is 2. The third-order valence-electron chi connectivity index (χ3n) is 2.55. The molecule has 0 radical (unpaired) electrons. The van der Waals surface area contributed by atoms with E-state index in [9.17, 15) is 9.59 Å². The van der Waals surface area contributed by atoms with Gasteiger partial charge < -0.3 is 25.8 Å². The second-order valence-electron chi connectivity index (χ2n) is 4.19. The molecular formula is C14H21Cl2N3O4. The summed E-state index contributed by atoms with van der Waals surface area (Å²) in [4.78, 5) is 22.8. The van der Waals surface area contributed by atoms with Gasteiger partial charge in [0.15, 0.2) is 5.75 Å². The second-order valence-corrected chi connectivity index (χ2v) is 4.60. The second kappa shape index (κ2) is 12.0. The van der Waals surface area contributed by atoms with Gasteiger partial charge in [-0.1, -0.05) is 17.7 Å². The first kappa shape index (κ1) is 21.5. The summed E-state index contributed by atoms with van der Waals surface area (Å²) in [5.74, 6) is -0.449. The first-order valence-electron chi connectivity index (χ1n) is 6.84. The molecule has 0 fully saturated rings. The number of rotatable bonds is 9. The SMILES string of the molecule is CCOCCOc1c(Cl)cccc1NC(=O)CNC(=O)CN.Cl. The zero-order chi connectivity index (χ0) is 16.4. The van der Waals surface area contributed by atoms with Crippen LogP contribution in [0.5, 0.6) is 5.75 Å². The van der Waals surface area contributed by atoms with Crippen molar-refractivity contribution < 1.29 is 19.1 Å². The van der Waals surface area contributed by atoms with Crippen molar-refractivity contribution in [2.24, 2.45) is 5.73 Å². The smallest absolute Gasteiger partial charge is 0.243 e. The minimum atomic E-state index is -0.408. The monoisotopic (exact) mass is 365 g/mol. The number of carbonyl (C=O) groups is 2. The minimum Gasteiger partial charge on any atom is -0.487 e. The molecule has 130 valence electrons. The number of ether oxygens (including phenoxy) is 2. The van der Waals surface area contributed by atoms with Crippen molar-refractivity contribution in [3.63, 3.8) is 0 Å². The fourth-order valence-electron chi connectivity index (χ4n) is 1.55. The molecule has 0 saturated carbocycles. The standard InChI is InChI=1S/C14H20ClN3O4.ClH/c1-2-21-6-7-22-14-10(15)4-3-5-11(14)18-13(20)9-17-12(19)8-16;/h3-5H,2,6-9,16H2,1H3,(H,17,19)(H,18,20);1H. The van der Waals surface area contributed by atoms with Crippen LogP contribution in [0.15, 0.2) is 18.2 Å². The molecule has 0 aliphatic carbocycles. The summed E-state index contributed by atoms with van der Waals surface area (Å²) in [6.07, 6.45) is 0. The summed E-state index contributed by atoms with van der Waals surface area (Å²) in [7, 11) is 0. The molecule has 0 aromatic heterocycles. The third kappa shape index (κ3) is 8.03. The van der Waals surface area contributed by atoms with Gasteiger partial charge in [-0.2, -0.15) is 0 Å². The summed E-state index contributed by atoms with van der Waals surface area (Å²) in [6.45, 7) is 2.86. The molecule has 7 nitrogen and oxygen atoms in total. The van der Waals surface area contributed by atoms with Crippen molar-refractivity contribution in [1.82, 2.24) is 5.32 Å². The summed E-state index contributed by atoms with van der Waals surface area (Å²) in [5, 5.41) is 5.38. The maximum absolute atomic E-state index is 11.8. The Bertz CT molecular complexity index is 515. The first-order valence-corrected chi connectivity index (χ1v) is 7.22. The van der Waals surface area contributed by atoms with Crippen LogP contribution in [-0.4, -0.2) is 44.7 Å². The van der Waals surface area contributed by atoms with Crippen LogP contribution in [-0.2, 0) is 14.3 Å². The molecule has 0 spiro atoms. The molecule has 23 heavy (non-hydrogen) atoms. The van der Waals surface area contributed by atoms with Crippen molar-refractivity contribution in [2.75, 3.05) is 38.2 Å². The van der Waals surface area contributed by atoms with Crippen LogP contribution in [0.1, 0.15) is 6.92 Å². The largest absolute Gasteiger partial charge is 0.487 e. The third-order valence-corrected chi connectivity index (χ3v) is 2.85. The van der Waals surface area contributed by atoms with Gasteiger partial charge >= 0.3 is 0 Å². The summed E-state index contributed by atoms with van der Waals surface area (Å²) < 4.78 is 10.7. The normalized spacial score (nSPS) is 9.70. The van der Waals surface area contributed by atoms with Crippen LogP contribution < -0.4 is 21.1 Å². The van der Waals surface area contributed by atoms with E-state index in [-0.39, 0.29) is 25.5 Å². The number of hydrogen-bond acceptors (Lipinski definition) is 5. The molecular weight excluding hydrogens is 345 g/mol. The van der Waals surface area contributed by atoms with Gasteiger partial charge in [0.05, 0.1) is 30.4 Å². The van der Waals surface area contributed by atoms with Crippen LogP contribution in [0.3, 0.4) is 0 Å². The van der Waals surface area contributed by atoms with E-state index in [0.717, 1.165) is 0 Å². The molecule has 1 aromatic rings. The average molecular weight is 366 g/mol. The topological polar surface area (TPSA) is 103 Å². The van der Waals surface area contributed by atoms with E-state index in [1.54, 1.807) is 18.2 Å². The highest BCUT2D eigenvalue weighted by atomic mass is 35.5. The predicted molar refractivity (Wildman–Crippen MR) is 91.4 cm³/mol. The van der Waals surface area contributed by atoms with Gasteiger partial charge in [0, 0.05) is 6.61 Å². The Kier molecular flexibility index (Phi) is 11.2. The highest BCUT2D eigenvalue weighted by Crippen LogP contribution is 2.32. The average Bonchev–Trinajstić information content (AvgIpc) is 2.51. The Morgan fingerprint density at radius 1 is 1.26 bits per heavy atom. The quantitative estimate of drug-likeness (QED) is 0.570. The molecule has 0 unspecified atom stereocenters. The Labute approximate surface area is 146 Å². The minimum absolute atomic E-state index is 0.